The van der Waals surface area contributed by atoms with Gasteiger partial charge in [0.25, 0.3) is 10.0 Å². The van der Waals surface area contributed by atoms with E-state index in [4.69, 9.17) is 20.7 Å². The Bertz CT molecular complexity index is 821. The van der Waals surface area contributed by atoms with Crippen molar-refractivity contribution in [2.24, 2.45) is 5.14 Å². The number of aromatic nitrogens is 4. The molecule has 3 atom stereocenters. The van der Waals surface area contributed by atoms with Crippen LogP contribution in [0.15, 0.2) is 11.4 Å². The largest absolute Gasteiger partial charge is 0.394 e. The molecule has 0 radical (unpaired) electrons. The number of primary sulfonamides is 1. The molecular weight excluding hydrogens is 316 g/mol. The lowest BCUT2D eigenvalue weighted by atomic mass is 10.2. The van der Waals surface area contributed by atoms with Crippen molar-refractivity contribution in [3.63, 3.8) is 0 Å². The Kier molecular flexibility index (Phi) is 3.49. The van der Waals surface area contributed by atoms with Crippen LogP contribution >= 0.6 is 0 Å². The zero-order chi connectivity index (χ0) is 16.1. The molecule has 0 aromatic carbocycles. The molecule has 22 heavy (non-hydrogen) atoms. The zero-order valence-electron chi connectivity index (χ0n) is 11.2. The Labute approximate surface area is 124 Å². The molecule has 120 valence electrons. The molecule has 0 unspecified atom stereocenters. The molecule has 2 aromatic heterocycles. The third kappa shape index (κ3) is 2.40. The molecule has 0 amide bonds. The Hall–Kier alpha value is -1.86. The van der Waals surface area contributed by atoms with Gasteiger partial charge in [-0.2, -0.15) is 9.97 Å². The van der Waals surface area contributed by atoms with Gasteiger partial charge in [-0.05, 0) is 0 Å². The first-order chi connectivity index (χ1) is 10.3. The minimum Gasteiger partial charge on any atom is -0.394 e. The molecule has 3 heterocycles. The monoisotopic (exact) mass is 330 g/mol. The van der Waals surface area contributed by atoms with E-state index in [-0.39, 0.29) is 30.1 Å². The van der Waals surface area contributed by atoms with Crippen LogP contribution in [0, 0.1) is 0 Å². The number of sulfonamides is 1. The molecule has 2 aromatic rings. The second-order valence-electron chi connectivity index (χ2n) is 4.87. The van der Waals surface area contributed by atoms with Gasteiger partial charge in [-0.1, -0.05) is 0 Å². The minimum absolute atomic E-state index is 0.0396. The summed E-state index contributed by atoms with van der Waals surface area (Å²) in [5, 5.41) is 23.5. The van der Waals surface area contributed by atoms with Crippen LogP contribution in [-0.4, -0.2) is 57.0 Å². The highest BCUT2D eigenvalue weighted by Gasteiger charge is 2.35. The number of nitrogens with two attached hydrogens (primary N) is 2. The highest BCUT2D eigenvalue weighted by molar-refractivity contribution is 7.89. The summed E-state index contributed by atoms with van der Waals surface area (Å²) in [4.78, 5) is 11.5. The number of imidazole rings is 1. The minimum atomic E-state index is -4.13. The fourth-order valence-corrected chi connectivity index (χ4v) is 3.00. The van der Waals surface area contributed by atoms with Gasteiger partial charge < -0.3 is 20.7 Å². The number of anilines is 1. The molecule has 0 spiro atoms. The fraction of sp³-hybridized carbons (Fsp3) is 0.500. The standard InChI is InChI=1S/C10H14N6O5S/c11-10-14-8-7(9(15-10)22(12,19)20)13-3-16(8)6-1-4(18)5(2-17)21-6/h3-6,17-18H,1-2H2,(H2,11,14,15)(H2,12,19,20)/t4-,5+,6+/m0/s1. The van der Waals surface area contributed by atoms with Gasteiger partial charge in [-0.3, -0.25) is 4.57 Å². The van der Waals surface area contributed by atoms with Crippen LogP contribution in [0.2, 0.25) is 0 Å². The van der Waals surface area contributed by atoms with Crippen LogP contribution in [-0.2, 0) is 14.8 Å². The van der Waals surface area contributed by atoms with E-state index in [0.717, 1.165) is 0 Å². The van der Waals surface area contributed by atoms with Crippen molar-refractivity contribution in [2.75, 3.05) is 12.3 Å². The Balaban J connectivity index is 2.12. The van der Waals surface area contributed by atoms with E-state index in [1.165, 1.54) is 10.9 Å². The molecule has 12 heteroatoms. The zero-order valence-corrected chi connectivity index (χ0v) is 12.0. The maximum atomic E-state index is 11.6. The summed E-state index contributed by atoms with van der Waals surface area (Å²) in [6, 6.07) is 0. The van der Waals surface area contributed by atoms with E-state index >= 15 is 0 Å². The lowest BCUT2D eigenvalue weighted by Gasteiger charge is -2.13. The number of nitrogens with zero attached hydrogens (tertiary/aromatic N) is 4. The summed E-state index contributed by atoms with van der Waals surface area (Å²) in [5.74, 6) is -0.282. The topological polar surface area (TPSA) is 179 Å². The molecule has 1 fully saturated rings. The number of hydrogen-bond acceptors (Lipinski definition) is 9. The SMILES string of the molecule is Nc1nc(S(N)(=O)=O)c2ncn([C@H]3C[C@H](O)[C@@H](CO)O3)c2n1. The maximum absolute atomic E-state index is 11.6. The second kappa shape index (κ2) is 5.10. The van der Waals surface area contributed by atoms with Gasteiger partial charge in [0, 0.05) is 6.42 Å². The third-order valence-electron chi connectivity index (χ3n) is 3.37. The molecule has 0 bridgehead atoms. The highest BCUT2D eigenvalue weighted by atomic mass is 32.2. The van der Waals surface area contributed by atoms with Gasteiger partial charge in [-0.15, -0.1) is 0 Å². The van der Waals surface area contributed by atoms with Crippen LogP contribution in [0.1, 0.15) is 12.6 Å². The first-order valence-corrected chi connectivity index (χ1v) is 7.83. The van der Waals surface area contributed by atoms with Crippen molar-refractivity contribution in [1.82, 2.24) is 19.5 Å². The Morgan fingerprint density at radius 2 is 2.18 bits per heavy atom. The number of nitrogen functional groups attached to an aromatic ring is 1. The number of ether oxygens (including phenoxy) is 1. The van der Waals surface area contributed by atoms with Crippen molar-refractivity contribution in [3.8, 4) is 0 Å². The highest BCUT2D eigenvalue weighted by Crippen LogP contribution is 2.31. The van der Waals surface area contributed by atoms with Crippen molar-refractivity contribution < 1.29 is 23.4 Å². The van der Waals surface area contributed by atoms with Crippen molar-refractivity contribution in [2.45, 2.75) is 29.9 Å². The number of hydrogen-bond donors (Lipinski definition) is 4. The van der Waals surface area contributed by atoms with E-state index in [9.17, 15) is 13.5 Å². The Morgan fingerprint density at radius 1 is 1.45 bits per heavy atom. The van der Waals surface area contributed by atoms with Crippen LogP contribution < -0.4 is 10.9 Å². The van der Waals surface area contributed by atoms with Gasteiger partial charge in [0.05, 0.1) is 19.0 Å². The number of rotatable bonds is 3. The molecule has 1 aliphatic rings. The molecule has 1 saturated heterocycles. The summed E-state index contributed by atoms with van der Waals surface area (Å²) in [7, 11) is -4.13. The quantitative estimate of drug-likeness (QED) is 0.450. The van der Waals surface area contributed by atoms with Crippen molar-refractivity contribution >= 4 is 27.1 Å². The molecule has 3 rings (SSSR count). The van der Waals surface area contributed by atoms with Gasteiger partial charge in [0.2, 0.25) is 11.0 Å². The molecule has 1 aliphatic heterocycles. The first kappa shape index (κ1) is 15.1. The van der Waals surface area contributed by atoms with E-state index in [1.54, 1.807) is 0 Å². The Morgan fingerprint density at radius 3 is 2.77 bits per heavy atom. The lowest BCUT2D eigenvalue weighted by Crippen LogP contribution is -2.24. The van der Waals surface area contributed by atoms with Gasteiger partial charge in [0.1, 0.15) is 17.8 Å². The summed E-state index contributed by atoms with van der Waals surface area (Å²) in [6.45, 7) is -0.343. The van der Waals surface area contributed by atoms with E-state index in [2.05, 4.69) is 15.0 Å². The van der Waals surface area contributed by atoms with Crippen molar-refractivity contribution in [1.29, 1.82) is 0 Å². The normalized spacial score (nSPS) is 25.9. The third-order valence-corrected chi connectivity index (χ3v) is 4.19. The van der Waals surface area contributed by atoms with Crippen LogP contribution in [0.5, 0.6) is 0 Å². The van der Waals surface area contributed by atoms with Gasteiger partial charge in [-0.25, -0.2) is 18.5 Å². The fourth-order valence-electron chi connectivity index (χ4n) is 2.37. The summed E-state index contributed by atoms with van der Waals surface area (Å²) < 4.78 is 30.0. The molecular formula is C10H14N6O5S. The van der Waals surface area contributed by atoms with Crippen LogP contribution in [0.3, 0.4) is 0 Å². The predicted octanol–water partition coefficient (Wildman–Crippen LogP) is -2.30. The lowest BCUT2D eigenvalue weighted by molar-refractivity contribution is -0.0432. The predicted molar refractivity (Wildman–Crippen MR) is 72.7 cm³/mol. The van der Waals surface area contributed by atoms with E-state index in [0.29, 0.717) is 0 Å². The maximum Gasteiger partial charge on any atom is 0.258 e. The first-order valence-electron chi connectivity index (χ1n) is 6.28. The molecule has 11 nitrogen and oxygen atoms in total. The van der Waals surface area contributed by atoms with E-state index < -0.39 is 33.5 Å². The number of aliphatic hydroxyl groups is 2. The van der Waals surface area contributed by atoms with Gasteiger partial charge >= 0.3 is 0 Å². The summed E-state index contributed by atoms with van der Waals surface area (Å²) >= 11 is 0. The van der Waals surface area contributed by atoms with Gasteiger partial charge in [0.15, 0.2) is 5.65 Å². The molecule has 6 N–H and O–H groups in total. The van der Waals surface area contributed by atoms with Crippen LogP contribution in [0.25, 0.3) is 11.2 Å². The number of aliphatic hydroxyl groups excluding tert-OH is 2. The number of fused-ring (bicyclic) bond motifs is 1. The van der Waals surface area contributed by atoms with Crippen molar-refractivity contribution in [3.05, 3.63) is 6.33 Å². The second-order valence-corrected chi connectivity index (χ2v) is 6.35. The molecule has 0 aliphatic carbocycles. The average Bonchev–Trinajstić information content (AvgIpc) is 2.99. The van der Waals surface area contributed by atoms with E-state index in [1.807, 2.05) is 0 Å². The average molecular weight is 330 g/mol. The van der Waals surface area contributed by atoms with Crippen LogP contribution in [0.4, 0.5) is 5.95 Å². The summed E-state index contributed by atoms with van der Waals surface area (Å²) in [6.07, 6.45) is -0.779. The summed E-state index contributed by atoms with van der Waals surface area (Å²) in [5.41, 5.74) is 5.59. The molecule has 0 saturated carbocycles. The smallest absolute Gasteiger partial charge is 0.258 e.